The van der Waals surface area contributed by atoms with Crippen LogP contribution in [0.1, 0.15) is 16.1 Å². The highest BCUT2D eigenvalue weighted by Crippen LogP contribution is 2.12. The normalized spacial score (nSPS) is 9.55. The van der Waals surface area contributed by atoms with Crippen molar-refractivity contribution in [3.05, 3.63) is 23.5 Å². The number of nitrogens with two attached hydrogens (primary N) is 1. The monoisotopic (exact) mass is 152 g/mol. The van der Waals surface area contributed by atoms with E-state index in [0.29, 0.717) is 5.69 Å². The highest BCUT2D eigenvalue weighted by Gasteiger charge is 2.10. The van der Waals surface area contributed by atoms with Crippen LogP contribution >= 0.6 is 0 Å². The minimum atomic E-state index is -1.03. The Morgan fingerprint density at radius 3 is 2.73 bits per heavy atom. The first-order valence-corrected chi connectivity index (χ1v) is 3.07. The van der Waals surface area contributed by atoms with E-state index >= 15 is 0 Å². The zero-order valence-corrected chi connectivity index (χ0v) is 6.03. The van der Waals surface area contributed by atoms with Crippen LogP contribution in [0.25, 0.3) is 0 Å². The third kappa shape index (κ3) is 1.29. The van der Waals surface area contributed by atoms with Gasteiger partial charge in [0.1, 0.15) is 5.56 Å². The lowest BCUT2D eigenvalue weighted by molar-refractivity contribution is 0.0697. The second kappa shape index (κ2) is 2.57. The summed E-state index contributed by atoms with van der Waals surface area (Å²) in [6.45, 7) is 1.61. The fourth-order valence-corrected chi connectivity index (χ4v) is 0.864. The number of carboxylic acids is 1. The van der Waals surface area contributed by atoms with Crippen LogP contribution in [0.15, 0.2) is 12.3 Å². The number of hydrogen-bond acceptors (Lipinski definition) is 3. The topological polar surface area (TPSA) is 76.2 Å². The molecule has 1 rings (SSSR count). The van der Waals surface area contributed by atoms with Gasteiger partial charge in [-0.15, -0.1) is 0 Å². The van der Waals surface area contributed by atoms with E-state index in [1.807, 2.05) is 0 Å². The van der Waals surface area contributed by atoms with Crippen LogP contribution < -0.4 is 5.73 Å². The highest BCUT2D eigenvalue weighted by atomic mass is 16.4. The molecule has 0 aliphatic carbocycles. The molecule has 0 aliphatic heterocycles. The van der Waals surface area contributed by atoms with Crippen molar-refractivity contribution < 1.29 is 9.90 Å². The molecule has 58 valence electrons. The molecule has 1 aromatic rings. The number of hydrogen-bond donors (Lipinski definition) is 2. The molecule has 0 radical (unpaired) electrons. The van der Waals surface area contributed by atoms with Gasteiger partial charge in [0, 0.05) is 11.9 Å². The molecule has 0 amide bonds. The Kier molecular flexibility index (Phi) is 1.76. The fourth-order valence-electron chi connectivity index (χ4n) is 0.864. The van der Waals surface area contributed by atoms with Crippen LogP contribution in [0.2, 0.25) is 0 Å². The molecule has 0 aromatic carbocycles. The fraction of sp³-hybridized carbons (Fsp3) is 0.143. The molecule has 0 spiro atoms. The molecule has 0 aliphatic rings. The number of aromatic nitrogens is 1. The van der Waals surface area contributed by atoms with Crippen molar-refractivity contribution in [3.8, 4) is 0 Å². The number of nitrogen functional groups attached to an aromatic ring is 1. The number of anilines is 1. The first-order valence-electron chi connectivity index (χ1n) is 3.07. The summed E-state index contributed by atoms with van der Waals surface area (Å²) in [6, 6.07) is 1.47. The molecular formula is C7H8N2O2. The smallest absolute Gasteiger partial charge is 0.339 e. The number of rotatable bonds is 1. The number of nitrogens with zero attached hydrogens (tertiary/aromatic N) is 1. The summed E-state index contributed by atoms with van der Waals surface area (Å²) in [4.78, 5) is 14.3. The first-order chi connectivity index (χ1) is 5.13. The summed E-state index contributed by atoms with van der Waals surface area (Å²) >= 11 is 0. The Morgan fingerprint density at radius 2 is 2.36 bits per heavy atom. The van der Waals surface area contributed by atoms with Crippen LogP contribution in [-0.2, 0) is 0 Å². The molecule has 3 N–H and O–H groups in total. The van der Waals surface area contributed by atoms with E-state index in [4.69, 9.17) is 10.8 Å². The van der Waals surface area contributed by atoms with Gasteiger partial charge in [-0.1, -0.05) is 0 Å². The second-order valence-corrected chi connectivity index (χ2v) is 2.17. The molecule has 0 saturated heterocycles. The average molecular weight is 152 g/mol. The maximum atomic E-state index is 10.5. The van der Waals surface area contributed by atoms with Crippen molar-refractivity contribution in [3.63, 3.8) is 0 Å². The van der Waals surface area contributed by atoms with E-state index in [2.05, 4.69) is 4.98 Å². The number of pyridine rings is 1. The predicted molar refractivity (Wildman–Crippen MR) is 40.3 cm³/mol. The molecular weight excluding hydrogens is 144 g/mol. The van der Waals surface area contributed by atoms with Gasteiger partial charge in [-0.05, 0) is 13.0 Å². The standard InChI is InChI=1S/C7H8N2O2/c1-4-6(7(10)11)5(8)2-3-9-4/h2-3H,1H3,(H2,8,9)(H,10,11). The van der Waals surface area contributed by atoms with Gasteiger partial charge in [0.05, 0.1) is 5.69 Å². The molecule has 1 heterocycles. The highest BCUT2D eigenvalue weighted by molar-refractivity contribution is 5.94. The van der Waals surface area contributed by atoms with Gasteiger partial charge in [0.15, 0.2) is 0 Å². The van der Waals surface area contributed by atoms with Crippen LogP contribution in [0.3, 0.4) is 0 Å². The van der Waals surface area contributed by atoms with Gasteiger partial charge < -0.3 is 10.8 Å². The molecule has 0 atom stereocenters. The maximum Gasteiger partial charge on any atom is 0.339 e. The van der Waals surface area contributed by atoms with Gasteiger partial charge >= 0.3 is 5.97 Å². The SMILES string of the molecule is Cc1nccc(N)c1C(=O)O. The van der Waals surface area contributed by atoms with Crippen molar-refractivity contribution in [1.82, 2.24) is 4.98 Å². The molecule has 0 saturated carbocycles. The van der Waals surface area contributed by atoms with E-state index in [9.17, 15) is 4.79 Å². The Bertz CT molecular complexity index is 276. The van der Waals surface area contributed by atoms with E-state index in [0.717, 1.165) is 0 Å². The van der Waals surface area contributed by atoms with Gasteiger partial charge in [-0.3, -0.25) is 4.98 Å². The summed E-state index contributed by atoms with van der Waals surface area (Å²) < 4.78 is 0. The van der Waals surface area contributed by atoms with Gasteiger partial charge in [0.25, 0.3) is 0 Å². The molecule has 0 unspecified atom stereocenters. The van der Waals surface area contributed by atoms with Crippen molar-refractivity contribution in [2.45, 2.75) is 6.92 Å². The van der Waals surface area contributed by atoms with Gasteiger partial charge in [-0.2, -0.15) is 0 Å². The molecule has 11 heavy (non-hydrogen) atoms. The Balaban J connectivity index is 3.32. The van der Waals surface area contributed by atoms with E-state index < -0.39 is 5.97 Å². The average Bonchev–Trinajstić information content (AvgIpc) is 1.85. The summed E-state index contributed by atoms with van der Waals surface area (Å²) in [6.07, 6.45) is 1.48. The Morgan fingerprint density at radius 1 is 1.73 bits per heavy atom. The molecule has 0 fully saturated rings. The Hall–Kier alpha value is -1.58. The zero-order chi connectivity index (χ0) is 8.43. The van der Waals surface area contributed by atoms with Crippen molar-refractivity contribution in [2.75, 3.05) is 5.73 Å². The maximum absolute atomic E-state index is 10.5. The van der Waals surface area contributed by atoms with E-state index in [-0.39, 0.29) is 11.3 Å². The third-order valence-electron chi connectivity index (χ3n) is 1.39. The van der Waals surface area contributed by atoms with Gasteiger partial charge in [0.2, 0.25) is 0 Å². The lowest BCUT2D eigenvalue weighted by Crippen LogP contribution is -2.05. The summed E-state index contributed by atoms with van der Waals surface area (Å²) in [5.74, 6) is -1.03. The minimum absolute atomic E-state index is 0.0903. The summed E-state index contributed by atoms with van der Waals surface area (Å²) in [5, 5.41) is 8.63. The lowest BCUT2D eigenvalue weighted by Gasteiger charge is -2.01. The second-order valence-electron chi connectivity index (χ2n) is 2.17. The first kappa shape index (κ1) is 7.53. The minimum Gasteiger partial charge on any atom is -0.478 e. The van der Waals surface area contributed by atoms with Crippen LogP contribution in [-0.4, -0.2) is 16.1 Å². The van der Waals surface area contributed by atoms with Crippen molar-refractivity contribution >= 4 is 11.7 Å². The molecule has 4 nitrogen and oxygen atoms in total. The Labute approximate surface area is 63.7 Å². The van der Waals surface area contributed by atoms with Crippen molar-refractivity contribution in [2.24, 2.45) is 0 Å². The van der Waals surface area contributed by atoms with Crippen LogP contribution in [0.5, 0.6) is 0 Å². The predicted octanol–water partition coefficient (Wildman–Crippen LogP) is 0.670. The van der Waals surface area contributed by atoms with E-state index in [1.165, 1.54) is 12.3 Å². The number of aryl methyl sites for hydroxylation is 1. The largest absolute Gasteiger partial charge is 0.478 e. The summed E-state index contributed by atoms with van der Waals surface area (Å²) in [5.41, 5.74) is 6.19. The van der Waals surface area contributed by atoms with Crippen LogP contribution in [0.4, 0.5) is 5.69 Å². The zero-order valence-electron chi connectivity index (χ0n) is 6.03. The number of carbonyl (C=O) groups is 1. The van der Waals surface area contributed by atoms with Crippen molar-refractivity contribution in [1.29, 1.82) is 0 Å². The third-order valence-corrected chi connectivity index (χ3v) is 1.39. The quantitative estimate of drug-likeness (QED) is 0.620. The molecule has 0 bridgehead atoms. The van der Waals surface area contributed by atoms with E-state index in [1.54, 1.807) is 6.92 Å². The number of aromatic carboxylic acids is 1. The molecule has 1 aromatic heterocycles. The summed E-state index contributed by atoms with van der Waals surface area (Å²) in [7, 11) is 0. The molecule has 4 heteroatoms. The van der Waals surface area contributed by atoms with Crippen LogP contribution in [0, 0.1) is 6.92 Å². The number of carboxylic acid groups (broad SMARTS) is 1. The lowest BCUT2D eigenvalue weighted by atomic mass is 10.2. The van der Waals surface area contributed by atoms with Gasteiger partial charge in [-0.25, -0.2) is 4.79 Å².